The van der Waals surface area contributed by atoms with Gasteiger partial charge in [0.2, 0.25) is 9.84 Å². The van der Waals surface area contributed by atoms with Crippen molar-refractivity contribution in [2.75, 3.05) is 0 Å². The summed E-state index contributed by atoms with van der Waals surface area (Å²) in [5.41, 5.74) is 2.64. The third kappa shape index (κ3) is 11.8. The molecule has 0 fully saturated rings. The third-order valence-corrected chi connectivity index (χ3v) is 9.27. The minimum absolute atomic E-state index is 0.00579. The van der Waals surface area contributed by atoms with Crippen molar-refractivity contribution in [1.29, 1.82) is 0 Å². The maximum Gasteiger partial charge on any atom is 0.205 e. The molecule has 0 spiro atoms. The van der Waals surface area contributed by atoms with E-state index in [0.29, 0.717) is 17.3 Å². The van der Waals surface area contributed by atoms with Crippen molar-refractivity contribution in [2.24, 2.45) is 5.41 Å². The van der Waals surface area contributed by atoms with E-state index >= 15 is 0 Å². The average molecular weight is 645 g/mol. The summed E-state index contributed by atoms with van der Waals surface area (Å²) in [4.78, 5) is 0.332. The van der Waals surface area contributed by atoms with Crippen molar-refractivity contribution in [3.63, 3.8) is 0 Å². The van der Waals surface area contributed by atoms with Gasteiger partial charge in [0.15, 0.2) is 0 Å². The molecule has 0 radical (unpaired) electrons. The molecule has 0 aliphatic carbocycles. The van der Waals surface area contributed by atoms with Crippen molar-refractivity contribution < 1.29 is 17.9 Å². The van der Waals surface area contributed by atoms with Gasteiger partial charge in [0.1, 0.15) is 22.9 Å². The lowest BCUT2D eigenvalue weighted by Crippen LogP contribution is -2.19. The molecule has 0 saturated heterocycles. The fourth-order valence-electron chi connectivity index (χ4n) is 4.46. The zero-order valence-electron chi connectivity index (χ0n) is 30.2. The maximum absolute atomic E-state index is 13.5. The van der Waals surface area contributed by atoms with Gasteiger partial charge in [-0.25, -0.2) is 8.42 Å². The molecule has 1 rings (SSSR count). The Morgan fingerprint density at radius 2 is 1.11 bits per heavy atom. The molecule has 0 aliphatic rings. The van der Waals surface area contributed by atoms with Gasteiger partial charge in [0.05, 0.1) is 9.81 Å². The number of hydrogen-bond acceptors (Lipinski definition) is 4. The Morgan fingerprint density at radius 3 is 1.50 bits per heavy atom. The minimum atomic E-state index is -3.78. The standard InChI is InChI=1S/C41H56O4S/c1-15-31(39(7,8)9)21-22-32(16-2)41(13,14)33-23-25-36(26-24-33)44-34(17-3)27-29-37(19-5)46(42,43)38(20-6)30-28-35(18-4)45-40(10,11)12/h15-30H,1-2H2,3-14H3/b29-27-,30-28-,31-21+,32-22+,34-17+,35-18+,37-19+,38-20+. The highest BCUT2D eigenvalue weighted by Crippen LogP contribution is 2.34. The van der Waals surface area contributed by atoms with Crippen molar-refractivity contribution in [1.82, 2.24) is 0 Å². The van der Waals surface area contributed by atoms with Crippen LogP contribution in [0.2, 0.25) is 0 Å². The van der Waals surface area contributed by atoms with Gasteiger partial charge < -0.3 is 9.47 Å². The van der Waals surface area contributed by atoms with Crippen LogP contribution in [0, 0.1) is 5.41 Å². The second-order valence-electron chi connectivity index (χ2n) is 13.3. The molecule has 1 aromatic carbocycles. The smallest absolute Gasteiger partial charge is 0.205 e. The van der Waals surface area contributed by atoms with Crippen LogP contribution in [0.1, 0.15) is 88.6 Å². The number of allylic oxidation sites excluding steroid dienone is 14. The Kier molecular flexibility index (Phi) is 15.0. The largest absolute Gasteiger partial charge is 0.489 e. The predicted octanol–water partition coefficient (Wildman–Crippen LogP) is 11.6. The molecule has 0 heterocycles. The van der Waals surface area contributed by atoms with Crippen LogP contribution in [0.4, 0.5) is 0 Å². The Hall–Kier alpha value is -3.83. The van der Waals surface area contributed by atoms with Gasteiger partial charge in [0.25, 0.3) is 0 Å². The molecule has 0 saturated carbocycles. The lowest BCUT2D eigenvalue weighted by molar-refractivity contribution is 0.0597. The molecule has 0 bridgehead atoms. The number of ether oxygens (including phenoxy) is 2. The zero-order valence-corrected chi connectivity index (χ0v) is 31.0. The van der Waals surface area contributed by atoms with Crippen molar-refractivity contribution in [3.05, 3.63) is 148 Å². The summed E-state index contributed by atoms with van der Waals surface area (Å²) in [5, 5.41) is 0. The molecule has 4 nitrogen and oxygen atoms in total. The van der Waals surface area contributed by atoms with Crippen LogP contribution in [0.3, 0.4) is 0 Å². The monoisotopic (exact) mass is 644 g/mol. The first-order chi connectivity index (χ1) is 21.3. The van der Waals surface area contributed by atoms with Crippen LogP contribution in [0.15, 0.2) is 143 Å². The molecule has 250 valence electrons. The van der Waals surface area contributed by atoms with E-state index in [1.165, 1.54) is 0 Å². The van der Waals surface area contributed by atoms with Crippen LogP contribution in [0.5, 0.6) is 5.75 Å². The van der Waals surface area contributed by atoms with E-state index in [-0.39, 0.29) is 20.6 Å². The molecule has 5 heteroatoms. The van der Waals surface area contributed by atoms with Crippen LogP contribution >= 0.6 is 0 Å². The summed E-state index contributed by atoms with van der Waals surface area (Å²) in [5.74, 6) is 1.75. The molecule has 46 heavy (non-hydrogen) atoms. The molecule has 0 unspecified atom stereocenters. The second kappa shape index (κ2) is 17.2. The van der Waals surface area contributed by atoms with Crippen LogP contribution in [-0.2, 0) is 20.0 Å². The summed E-state index contributed by atoms with van der Waals surface area (Å²) in [7, 11) is -3.78. The number of benzene rings is 1. The van der Waals surface area contributed by atoms with E-state index in [1.807, 2.05) is 71.0 Å². The van der Waals surface area contributed by atoms with Gasteiger partial charge in [-0.1, -0.05) is 96.4 Å². The van der Waals surface area contributed by atoms with Gasteiger partial charge in [0, 0.05) is 5.41 Å². The van der Waals surface area contributed by atoms with E-state index in [9.17, 15) is 8.42 Å². The predicted molar refractivity (Wildman–Crippen MR) is 199 cm³/mol. The molecule has 0 aromatic heterocycles. The summed E-state index contributed by atoms with van der Waals surface area (Å²) in [6, 6.07) is 7.93. The van der Waals surface area contributed by atoms with Crippen molar-refractivity contribution >= 4 is 9.84 Å². The highest BCUT2D eigenvalue weighted by Gasteiger charge is 2.24. The Morgan fingerprint density at radius 1 is 0.652 bits per heavy atom. The van der Waals surface area contributed by atoms with E-state index in [2.05, 4.69) is 59.9 Å². The van der Waals surface area contributed by atoms with E-state index in [4.69, 9.17) is 9.47 Å². The van der Waals surface area contributed by atoms with Gasteiger partial charge in [-0.2, -0.15) is 0 Å². The SMILES string of the molecule is C=C/C(=C\C=C(/C=C)C(C)(C)c1ccc(OC(/C=C\C(=C/C)S(=O)(=O)C(/C=C\C(=C/C)OC(C)(C)C)=C/C)=C/C)cc1)C(C)(C)C. The minimum Gasteiger partial charge on any atom is -0.489 e. The molecule has 0 atom stereocenters. The first-order valence-electron chi connectivity index (χ1n) is 15.7. The van der Waals surface area contributed by atoms with Crippen molar-refractivity contribution in [3.8, 4) is 5.75 Å². The van der Waals surface area contributed by atoms with Crippen molar-refractivity contribution in [2.45, 2.75) is 94.1 Å². The quantitative estimate of drug-likeness (QED) is 0.149. The highest BCUT2D eigenvalue weighted by molar-refractivity contribution is 7.99. The highest BCUT2D eigenvalue weighted by atomic mass is 32.2. The number of hydrogen-bond donors (Lipinski definition) is 0. The number of sulfone groups is 1. The summed E-state index contributed by atoms with van der Waals surface area (Å²) in [6.07, 6.45) is 21.3. The molecule has 0 N–H and O–H groups in total. The normalized spacial score (nSPS) is 15.5. The fourth-order valence-corrected chi connectivity index (χ4v) is 5.84. The van der Waals surface area contributed by atoms with Crippen LogP contribution in [-0.4, -0.2) is 14.0 Å². The first kappa shape index (κ1) is 40.2. The first-order valence-corrected chi connectivity index (χ1v) is 17.2. The van der Waals surface area contributed by atoms with Crippen LogP contribution in [0.25, 0.3) is 0 Å². The Labute approximate surface area is 280 Å². The van der Waals surface area contributed by atoms with Gasteiger partial charge in [-0.3, -0.25) is 0 Å². The topological polar surface area (TPSA) is 52.6 Å². The molecule has 1 aromatic rings. The van der Waals surface area contributed by atoms with E-state index in [0.717, 1.165) is 16.7 Å². The molecular formula is C41H56O4S. The Bertz CT molecular complexity index is 1570. The average Bonchev–Trinajstić information content (AvgIpc) is 2.97. The van der Waals surface area contributed by atoms with E-state index in [1.54, 1.807) is 62.5 Å². The van der Waals surface area contributed by atoms with Gasteiger partial charge >= 0.3 is 0 Å². The molecule has 0 aliphatic heterocycles. The summed E-state index contributed by atoms with van der Waals surface area (Å²) >= 11 is 0. The third-order valence-electron chi connectivity index (χ3n) is 7.29. The maximum atomic E-state index is 13.5. The molecular weight excluding hydrogens is 589 g/mol. The van der Waals surface area contributed by atoms with Crippen LogP contribution < -0.4 is 4.74 Å². The fraction of sp³-hybridized carbons (Fsp3) is 0.366. The Balaban J connectivity index is 3.23. The van der Waals surface area contributed by atoms with E-state index < -0.39 is 15.4 Å². The second-order valence-corrected chi connectivity index (χ2v) is 15.3. The zero-order chi connectivity index (χ0) is 35.3. The van der Waals surface area contributed by atoms with Gasteiger partial charge in [-0.05, 0) is 119 Å². The summed E-state index contributed by atoms with van der Waals surface area (Å²) < 4.78 is 39.1. The lowest BCUT2D eigenvalue weighted by Gasteiger charge is -2.27. The molecule has 0 amide bonds. The number of rotatable bonds is 14. The van der Waals surface area contributed by atoms with Gasteiger partial charge in [-0.15, -0.1) is 0 Å². The lowest BCUT2D eigenvalue weighted by atomic mass is 9.77. The summed E-state index contributed by atoms with van der Waals surface area (Å²) in [6.45, 7) is 31.8.